The zero-order chi connectivity index (χ0) is 14.0. The maximum atomic E-state index is 12.5. The number of hydrogen-bond donors (Lipinski definition) is 1. The Kier molecular flexibility index (Phi) is 4.84. The number of nitrogens with zero attached hydrogens (tertiary/aromatic N) is 1. The largest absolute Gasteiger partial charge is 0.394 e. The molecule has 6 heteroatoms. The molecule has 2 atom stereocenters. The zero-order valence-electron chi connectivity index (χ0n) is 10.5. The van der Waals surface area contributed by atoms with Crippen LogP contribution in [0.5, 0.6) is 0 Å². The Bertz CT molecular complexity index is 463. The van der Waals surface area contributed by atoms with Crippen LogP contribution in [0.25, 0.3) is 0 Å². The van der Waals surface area contributed by atoms with Gasteiger partial charge in [0.2, 0.25) is 0 Å². The van der Waals surface area contributed by atoms with Gasteiger partial charge in [-0.3, -0.25) is 4.79 Å². The highest BCUT2D eigenvalue weighted by Gasteiger charge is 2.30. The van der Waals surface area contributed by atoms with Crippen LogP contribution in [-0.4, -0.2) is 47.8 Å². The maximum absolute atomic E-state index is 12.5. The zero-order valence-corrected chi connectivity index (χ0v) is 12.8. The van der Waals surface area contributed by atoms with Crippen molar-refractivity contribution in [2.45, 2.75) is 19.1 Å². The minimum absolute atomic E-state index is 0.0203. The third-order valence-corrected chi connectivity index (χ3v) is 3.76. The van der Waals surface area contributed by atoms with Gasteiger partial charge in [0, 0.05) is 21.6 Å². The van der Waals surface area contributed by atoms with Crippen molar-refractivity contribution in [1.29, 1.82) is 0 Å². The van der Waals surface area contributed by atoms with Crippen LogP contribution in [0.15, 0.2) is 22.7 Å². The first-order valence-electron chi connectivity index (χ1n) is 6.00. The van der Waals surface area contributed by atoms with E-state index in [1.165, 1.54) is 0 Å². The molecular weight excluding hydrogens is 334 g/mol. The van der Waals surface area contributed by atoms with Crippen LogP contribution in [0.4, 0.5) is 0 Å². The first-order chi connectivity index (χ1) is 9.01. The van der Waals surface area contributed by atoms with Crippen LogP contribution in [0.2, 0.25) is 5.02 Å². The number of ether oxygens (including phenoxy) is 1. The fraction of sp³-hybridized carbons (Fsp3) is 0.462. The van der Waals surface area contributed by atoms with Gasteiger partial charge in [-0.1, -0.05) is 27.5 Å². The Hall–Kier alpha value is -0.620. The highest BCUT2D eigenvalue weighted by atomic mass is 79.9. The lowest BCUT2D eigenvalue weighted by Crippen LogP contribution is -2.52. The summed E-state index contributed by atoms with van der Waals surface area (Å²) in [5.74, 6) is -0.0996. The summed E-state index contributed by atoms with van der Waals surface area (Å²) >= 11 is 9.29. The Morgan fingerprint density at radius 2 is 2.32 bits per heavy atom. The molecule has 1 fully saturated rings. The molecular formula is C13H15BrClNO3. The van der Waals surface area contributed by atoms with E-state index in [-0.39, 0.29) is 24.7 Å². The van der Waals surface area contributed by atoms with Gasteiger partial charge in [0.1, 0.15) is 0 Å². The molecule has 19 heavy (non-hydrogen) atoms. The van der Waals surface area contributed by atoms with Crippen molar-refractivity contribution in [3.63, 3.8) is 0 Å². The molecule has 1 heterocycles. The SMILES string of the molecule is CC1COC(CO)CN1C(=O)c1cc(Cl)cc(Br)c1. The molecule has 104 valence electrons. The molecule has 1 aliphatic heterocycles. The van der Waals surface area contributed by atoms with Crippen molar-refractivity contribution >= 4 is 33.4 Å². The van der Waals surface area contributed by atoms with Gasteiger partial charge in [-0.2, -0.15) is 0 Å². The topological polar surface area (TPSA) is 49.8 Å². The van der Waals surface area contributed by atoms with Crippen molar-refractivity contribution < 1.29 is 14.6 Å². The van der Waals surface area contributed by atoms with E-state index >= 15 is 0 Å². The Morgan fingerprint density at radius 3 is 2.95 bits per heavy atom. The summed E-state index contributed by atoms with van der Waals surface area (Å²) in [6, 6.07) is 5.10. The summed E-state index contributed by atoms with van der Waals surface area (Å²) in [6.07, 6.45) is -0.317. The number of halogens is 2. The number of hydrogen-bond acceptors (Lipinski definition) is 3. The molecule has 0 bridgehead atoms. The number of carbonyl (C=O) groups is 1. The molecule has 1 aromatic rings. The van der Waals surface area contributed by atoms with Crippen molar-refractivity contribution in [1.82, 2.24) is 4.90 Å². The first kappa shape index (κ1) is 14.8. The number of carbonyl (C=O) groups excluding carboxylic acids is 1. The summed E-state index contributed by atoms with van der Waals surface area (Å²) in [7, 11) is 0. The predicted octanol–water partition coefficient (Wildman–Crippen LogP) is 2.32. The van der Waals surface area contributed by atoms with Crippen molar-refractivity contribution in [2.75, 3.05) is 19.8 Å². The van der Waals surface area contributed by atoms with Crippen LogP contribution in [0.3, 0.4) is 0 Å². The third-order valence-electron chi connectivity index (χ3n) is 3.08. The number of aliphatic hydroxyl groups is 1. The fourth-order valence-corrected chi connectivity index (χ4v) is 2.91. The quantitative estimate of drug-likeness (QED) is 0.892. The second kappa shape index (κ2) is 6.22. The Labute approximate surface area is 125 Å². The van der Waals surface area contributed by atoms with Crippen LogP contribution in [-0.2, 0) is 4.74 Å². The normalized spacial score (nSPS) is 23.5. The minimum atomic E-state index is -0.317. The van der Waals surface area contributed by atoms with Gasteiger partial charge in [0.15, 0.2) is 0 Å². The molecule has 2 unspecified atom stereocenters. The van der Waals surface area contributed by atoms with Gasteiger partial charge < -0.3 is 14.7 Å². The van der Waals surface area contributed by atoms with Crippen LogP contribution < -0.4 is 0 Å². The fourth-order valence-electron chi connectivity index (χ4n) is 2.05. The second-order valence-electron chi connectivity index (χ2n) is 4.60. The monoisotopic (exact) mass is 347 g/mol. The lowest BCUT2D eigenvalue weighted by atomic mass is 10.1. The summed E-state index contributed by atoms with van der Waals surface area (Å²) < 4.78 is 6.19. The molecule has 0 aliphatic carbocycles. The molecule has 0 saturated carbocycles. The number of benzene rings is 1. The van der Waals surface area contributed by atoms with Gasteiger partial charge in [0.05, 0.1) is 25.4 Å². The van der Waals surface area contributed by atoms with Gasteiger partial charge >= 0.3 is 0 Å². The van der Waals surface area contributed by atoms with E-state index in [1.54, 1.807) is 23.1 Å². The van der Waals surface area contributed by atoms with Crippen molar-refractivity contribution in [2.24, 2.45) is 0 Å². The lowest BCUT2D eigenvalue weighted by Gasteiger charge is -2.37. The van der Waals surface area contributed by atoms with Crippen LogP contribution in [0.1, 0.15) is 17.3 Å². The average Bonchev–Trinajstić information content (AvgIpc) is 2.37. The number of amides is 1. The van der Waals surface area contributed by atoms with E-state index in [4.69, 9.17) is 21.4 Å². The van der Waals surface area contributed by atoms with E-state index < -0.39 is 0 Å². The molecule has 4 nitrogen and oxygen atoms in total. The van der Waals surface area contributed by atoms with Crippen molar-refractivity contribution in [3.8, 4) is 0 Å². The highest BCUT2D eigenvalue weighted by Crippen LogP contribution is 2.22. The lowest BCUT2D eigenvalue weighted by molar-refractivity contribution is -0.0667. The minimum Gasteiger partial charge on any atom is -0.394 e. The van der Waals surface area contributed by atoms with Crippen LogP contribution in [0, 0.1) is 0 Å². The summed E-state index contributed by atoms with van der Waals surface area (Å²) in [6.45, 7) is 2.65. The second-order valence-corrected chi connectivity index (χ2v) is 5.95. The number of morpholine rings is 1. The standard InChI is InChI=1S/C13H15BrClNO3/c1-8-7-19-12(6-17)5-16(8)13(18)9-2-10(14)4-11(15)3-9/h2-4,8,12,17H,5-7H2,1H3. The summed E-state index contributed by atoms with van der Waals surface area (Å²) in [5.41, 5.74) is 0.532. The van der Waals surface area contributed by atoms with E-state index in [1.807, 2.05) is 6.92 Å². The first-order valence-corrected chi connectivity index (χ1v) is 7.18. The molecule has 1 aromatic carbocycles. The number of rotatable bonds is 2. The average molecular weight is 349 g/mol. The predicted molar refractivity (Wildman–Crippen MR) is 76.5 cm³/mol. The third kappa shape index (κ3) is 3.48. The molecule has 0 radical (unpaired) electrons. The van der Waals surface area contributed by atoms with E-state index in [0.717, 1.165) is 4.47 Å². The molecule has 1 N–H and O–H groups in total. The molecule has 1 aliphatic rings. The molecule has 1 saturated heterocycles. The van der Waals surface area contributed by atoms with Crippen LogP contribution >= 0.6 is 27.5 Å². The van der Waals surface area contributed by atoms with Gasteiger partial charge in [-0.05, 0) is 25.1 Å². The van der Waals surface area contributed by atoms with Gasteiger partial charge in [-0.25, -0.2) is 0 Å². The molecule has 2 rings (SSSR count). The smallest absolute Gasteiger partial charge is 0.254 e. The summed E-state index contributed by atoms with van der Waals surface area (Å²) in [5, 5.41) is 9.66. The molecule has 1 amide bonds. The Morgan fingerprint density at radius 1 is 1.58 bits per heavy atom. The molecule has 0 spiro atoms. The van der Waals surface area contributed by atoms with E-state index in [0.29, 0.717) is 23.7 Å². The van der Waals surface area contributed by atoms with E-state index in [2.05, 4.69) is 15.9 Å². The molecule has 0 aromatic heterocycles. The van der Waals surface area contributed by atoms with Crippen molar-refractivity contribution in [3.05, 3.63) is 33.3 Å². The van der Waals surface area contributed by atoms with E-state index in [9.17, 15) is 4.79 Å². The maximum Gasteiger partial charge on any atom is 0.254 e. The van der Waals surface area contributed by atoms with Gasteiger partial charge in [0.25, 0.3) is 5.91 Å². The number of aliphatic hydroxyl groups excluding tert-OH is 1. The summed E-state index contributed by atoms with van der Waals surface area (Å²) in [4.78, 5) is 14.2. The Balaban J connectivity index is 2.21. The van der Waals surface area contributed by atoms with Gasteiger partial charge in [-0.15, -0.1) is 0 Å². The highest BCUT2D eigenvalue weighted by molar-refractivity contribution is 9.10.